The molecule has 5 heteroatoms. The molecule has 3 aromatic carbocycles. The van der Waals surface area contributed by atoms with Crippen molar-refractivity contribution in [2.24, 2.45) is 0 Å². The van der Waals surface area contributed by atoms with E-state index in [0.29, 0.717) is 23.7 Å². The molecule has 1 heterocycles. The molecule has 0 aliphatic heterocycles. The SMILES string of the molecule is Cc1cc(-c2cc(O)c(SCCc3ccccc3)c(=O)o2)ccc1OCc1ccccc1. The smallest absolute Gasteiger partial charge is 0.353 e. The van der Waals surface area contributed by atoms with E-state index in [-0.39, 0.29) is 10.6 Å². The summed E-state index contributed by atoms with van der Waals surface area (Å²) in [6.07, 6.45) is 0.801. The first-order valence-corrected chi connectivity index (χ1v) is 11.4. The van der Waals surface area contributed by atoms with Crippen LogP contribution >= 0.6 is 11.8 Å². The molecule has 0 amide bonds. The van der Waals surface area contributed by atoms with Gasteiger partial charge in [0.05, 0.1) is 0 Å². The van der Waals surface area contributed by atoms with Crippen LogP contribution in [-0.2, 0) is 13.0 Å². The molecular weight excluding hydrogens is 420 g/mol. The van der Waals surface area contributed by atoms with Crippen molar-refractivity contribution in [3.8, 4) is 22.8 Å². The minimum absolute atomic E-state index is 0.0589. The Morgan fingerprint density at radius 2 is 1.59 bits per heavy atom. The predicted octanol–water partition coefficient (Wildman–Crippen LogP) is 6.23. The van der Waals surface area contributed by atoms with Crippen LogP contribution in [0.5, 0.6) is 11.5 Å². The zero-order chi connectivity index (χ0) is 22.3. The van der Waals surface area contributed by atoms with E-state index < -0.39 is 5.63 Å². The van der Waals surface area contributed by atoms with Crippen molar-refractivity contribution in [1.82, 2.24) is 0 Å². The Balaban J connectivity index is 1.45. The lowest BCUT2D eigenvalue weighted by atomic mass is 10.1. The van der Waals surface area contributed by atoms with E-state index in [9.17, 15) is 9.90 Å². The number of hydrogen-bond donors (Lipinski definition) is 1. The van der Waals surface area contributed by atoms with Crippen LogP contribution in [-0.4, -0.2) is 10.9 Å². The summed E-state index contributed by atoms with van der Waals surface area (Å²) in [6.45, 7) is 2.42. The molecule has 4 aromatic rings. The van der Waals surface area contributed by atoms with Crippen LogP contribution in [0.3, 0.4) is 0 Å². The molecule has 0 aliphatic rings. The van der Waals surface area contributed by atoms with Crippen LogP contribution in [0, 0.1) is 6.92 Å². The van der Waals surface area contributed by atoms with E-state index >= 15 is 0 Å². The van der Waals surface area contributed by atoms with Crippen molar-refractivity contribution >= 4 is 11.8 Å². The molecule has 0 unspecified atom stereocenters. The molecule has 0 atom stereocenters. The topological polar surface area (TPSA) is 59.7 Å². The number of aryl methyl sites for hydroxylation is 2. The Hall–Kier alpha value is -3.44. The average molecular weight is 445 g/mol. The fourth-order valence-corrected chi connectivity index (χ4v) is 4.27. The molecule has 32 heavy (non-hydrogen) atoms. The van der Waals surface area contributed by atoms with Crippen LogP contribution in [0.25, 0.3) is 11.3 Å². The summed E-state index contributed by atoms with van der Waals surface area (Å²) in [7, 11) is 0. The number of rotatable bonds is 8. The monoisotopic (exact) mass is 444 g/mol. The fraction of sp³-hybridized carbons (Fsp3) is 0.148. The van der Waals surface area contributed by atoms with Crippen LogP contribution in [0.15, 0.2) is 99.0 Å². The Labute approximate surface area is 191 Å². The van der Waals surface area contributed by atoms with E-state index in [1.54, 1.807) is 0 Å². The first kappa shape index (κ1) is 21.8. The third kappa shape index (κ3) is 5.42. The maximum atomic E-state index is 12.5. The van der Waals surface area contributed by atoms with E-state index in [2.05, 4.69) is 0 Å². The summed E-state index contributed by atoms with van der Waals surface area (Å²) in [6, 6.07) is 27.1. The number of aromatic hydroxyl groups is 1. The second-order valence-corrected chi connectivity index (χ2v) is 8.56. The van der Waals surface area contributed by atoms with Gasteiger partial charge in [0.15, 0.2) is 0 Å². The quantitative estimate of drug-likeness (QED) is 0.326. The van der Waals surface area contributed by atoms with E-state index in [1.165, 1.54) is 23.4 Å². The summed E-state index contributed by atoms with van der Waals surface area (Å²) < 4.78 is 11.4. The maximum Gasteiger partial charge on any atom is 0.353 e. The van der Waals surface area contributed by atoms with Crippen molar-refractivity contribution in [3.63, 3.8) is 0 Å². The highest BCUT2D eigenvalue weighted by molar-refractivity contribution is 7.99. The molecule has 0 fully saturated rings. The van der Waals surface area contributed by atoms with Gasteiger partial charge < -0.3 is 14.3 Å². The van der Waals surface area contributed by atoms with E-state index in [1.807, 2.05) is 85.8 Å². The Morgan fingerprint density at radius 1 is 0.906 bits per heavy atom. The predicted molar refractivity (Wildman–Crippen MR) is 128 cm³/mol. The Kier molecular flexibility index (Phi) is 6.97. The minimum Gasteiger partial charge on any atom is -0.506 e. The van der Waals surface area contributed by atoms with Gasteiger partial charge in [-0.1, -0.05) is 60.7 Å². The third-order valence-electron chi connectivity index (χ3n) is 5.07. The van der Waals surface area contributed by atoms with Crippen molar-refractivity contribution in [1.29, 1.82) is 0 Å². The molecule has 1 N–H and O–H groups in total. The van der Waals surface area contributed by atoms with Crippen LogP contribution < -0.4 is 10.4 Å². The van der Waals surface area contributed by atoms with E-state index in [0.717, 1.165) is 23.3 Å². The standard InChI is InChI=1S/C27H24O4S/c1-19-16-22(12-13-24(19)30-18-21-10-6-3-7-11-21)25-17-23(28)26(27(29)31-25)32-15-14-20-8-4-2-5-9-20/h2-13,16-17,28H,14-15,18H2,1H3. The van der Waals surface area contributed by atoms with Crippen LogP contribution in [0.2, 0.25) is 0 Å². The van der Waals surface area contributed by atoms with Crippen molar-refractivity contribution < 1.29 is 14.3 Å². The van der Waals surface area contributed by atoms with E-state index in [4.69, 9.17) is 9.15 Å². The van der Waals surface area contributed by atoms with Crippen molar-refractivity contribution in [3.05, 3.63) is 112 Å². The molecule has 1 aromatic heterocycles. The number of thioether (sulfide) groups is 1. The number of benzene rings is 3. The molecular formula is C27H24O4S. The van der Waals surface area contributed by atoms with Gasteiger partial charge in [0.1, 0.15) is 28.8 Å². The zero-order valence-electron chi connectivity index (χ0n) is 17.8. The second kappa shape index (κ2) is 10.2. The minimum atomic E-state index is -0.528. The Morgan fingerprint density at radius 3 is 2.25 bits per heavy atom. The summed E-state index contributed by atoms with van der Waals surface area (Å²) in [5, 5.41) is 10.5. The highest BCUT2D eigenvalue weighted by Crippen LogP contribution is 2.32. The van der Waals surface area contributed by atoms with Gasteiger partial charge in [-0.3, -0.25) is 0 Å². The van der Waals surface area contributed by atoms with Gasteiger partial charge in [-0.2, -0.15) is 0 Å². The summed E-state index contributed by atoms with van der Waals surface area (Å²) in [5.74, 6) is 1.71. The van der Waals surface area contributed by atoms with Crippen molar-refractivity contribution in [2.45, 2.75) is 24.8 Å². The highest BCUT2D eigenvalue weighted by atomic mass is 32.2. The molecule has 4 nitrogen and oxygen atoms in total. The van der Waals surface area contributed by atoms with Gasteiger partial charge >= 0.3 is 5.63 Å². The molecule has 4 rings (SSSR count). The molecule has 0 saturated heterocycles. The summed E-state index contributed by atoms with van der Waals surface area (Å²) in [4.78, 5) is 12.8. The maximum absolute atomic E-state index is 12.5. The Bertz CT molecular complexity index is 1230. The third-order valence-corrected chi connectivity index (χ3v) is 6.14. The largest absolute Gasteiger partial charge is 0.506 e. The molecule has 0 saturated carbocycles. The normalized spacial score (nSPS) is 10.8. The van der Waals surface area contributed by atoms with Gasteiger partial charge in [-0.15, -0.1) is 11.8 Å². The van der Waals surface area contributed by atoms with Gasteiger partial charge in [0, 0.05) is 17.4 Å². The molecule has 0 spiro atoms. The first-order valence-electron chi connectivity index (χ1n) is 10.4. The molecule has 162 valence electrons. The summed E-state index contributed by atoms with van der Waals surface area (Å²) in [5.41, 5.74) is 3.38. The van der Waals surface area contributed by atoms with Gasteiger partial charge in [0.2, 0.25) is 0 Å². The number of hydrogen-bond acceptors (Lipinski definition) is 5. The average Bonchev–Trinajstić information content (AvgIpc) is 2.81. The lowest BCUT2D eigenvalue weighted by molar-refractivity contribution is 0.304. The van der Waals surface area contributed by atoms with Crippen LogP contribution in [0.1, 0.15) is 16.7 Å². The first-order chi connectivity index (χ1) is 15.6. The van der Waals surface area contributed by atoms with Crippen LogP contribution in [0.4, 0.5) is 0 Å². The molecule has 0 radical (unpaired) electrons. The van der Waals surface area contributed by atoms with Crippen molar-refractivity contribution in [2.75, 3.05) is 5.75 Å². The summed E-state index contributed by atoms with van der Waals surface area (Å²) >= 11 is 1.31. The molecule has 0 bridgehead atoms. The fourth-order valence-electron chi connectivity index (χ4n) is 3.36. The highest BCUT2D eigenvalue weighted by Gasteiger charge is 2.14. The van der Waals surface area contributed by atoms with Gasteiger partial charge in [0.25, 0.3) is 0 Å². The molecule has 0 aliphatic carbocycles. The second-order valence-electron chi connectivity index (χ2n) is 7.45. The zero-order valence-corrected chi connectivity index (χ0v) is 18.6. The van der Waals surface area contributed by atoms with Gasteiger partial charge in [-0.05, 0) is 48.2 Å². The lowest BCUT2D eigenvalue weighted by Crippen LogP contribution is -2.04. The van der Waals surface area contributed by atoms with Gasteiger partial charge in [-0.25, -0.2) is 4.79 Å². The lowest BCUT2D eigenvalue weighted by Gasteiger charge is -2.11. The number of ether oxygens (including phenoxy) is 1.